The van der Waals surface area contributed by atoms with Gasteiger partial charge < -0.3 is 20.7 Å². The van der Waals surface area contributed by atoms with Gasteiger partial charge in [-0.3, -0.25) is 0 Å². The zero-order chi connectivity index (χ0) is 18.8. The second-order valence-electron chi connectivity index (χ2n) is 7.87. The largest absolute Gasteiger partial charge is 0.444 e. The van der Waals surface area contributed by atoms with Crippen molar-refractivity contribution in [3.05, 3.63) is 16.1 Å². The van der Waals surface area contributed by atoms with Gasteiger partial charge in [0.2, 0.25) is 0 Å². The highest BCUT2D eigenvalue weighted by Gasteiger charge is 2.33. The number of nitrogen functional groups attached to an aromatic ring is 1. The standard InChI is InChI=1S/C18H29BrN4O2/c1-6-12-11-13(21-15(20)14(12)19)23-9-7-18(5,8-10-23)22-16(24)25-17(2,3)4/h11H,6-10H2,1-5H3,(H2,20,21)(H,22,24). The van der Waals surface area contributed by atoms with Crippen molar-refractivity contribution in [1.82, 2.24) is 10.3 Å². The maximum absolute atomic E-state index is 12.1. The van der Waals surface area contributed by atoms with Crippen LogP contribution in [0.1, 0.15) is 53.0 Å². The van der Waals surface area contributed by atoms with Crippen LogP contribution in [-0.2, 0) is 11.2 Å². The number of carbonyl (C=O) groups excluding carboxylic acids is 1. The molecule has 1 aromatic rings. The zero-order valence-corrected chi connectivity index (χ0v) is 17.4. The van der Waals surface area contributed by atoms with Crippen LogP contribution in [-0.4, -0.2) is 35.3 Å². The monoisotopic (exact) mass is 412 g/mol. The fourth-order valence-electron chi connectivity index (χ4n) is 2.91. The molecule has 1 saturated heterocycles. The van der Waals surface area contributed by atoms with E-state index in [1.807, 2.05) is 20.8 Å². The highest BCUT2D eigenvalue weighted by molar-refractivity contribution is 9.10. The minimum Gasteiger partial charge on any atom is -0.444 e. The van der Waals surface area contributed by atoms with Gasteiger partial charge in [0, 0.05) is 18.6 Å². The number of nitrogens with two attached hydrogens (primary N) is 1. The summed E-state index contributed by atoms with van der Waals surface area (Å²) in [5.74, 6) is 1.42. The second-order valence-corrected chi connectivity index (χ2v) is 8.66. The highest BCUT2D eigenvalue weighted by atomic mass is 79.9. The number of aryl methyl sites for hydroxylation is 1. The molecule has 2 heterocycles. The number of hydrogen-bond acceptors (Lipinski definition) is 5. The lowest BCUT2D eigenvalue weighted by Crippen LogP contribution is -2.54. The van der Waals surface area contributed by atoms with Gasteiger partial charge >= 0.3 is 6.09 Å². The summed E-state index contributed by atoms with van der Waals surface area (Å²) in [5.41, 5.74) is 6.42. The smallest absolute Gasteiger partial charge is 0.408 e. The van der Waals surface area contributed by atoms with Gasteiger partial charge in [0.05, 0.1) is 4.47 Å². The first kappa shape index (κ1) is 19.8. The molecule has 1 aliphatic heterocycles. The molecule has 1 fully saturated rings. The van der Waals surface area contributed by atoms with Crippen LogP contribution in [0.25, 0.3) is 0 Å². The molecule has 1 aromatic heterocycles. The Morgan fingerprint density at radius 1 is 1.44 bits per heavy atom. The van der Waals surface area contributed by atoms with E-state index >= 15 is 0 Å². The summed E-state index contributed by atoms with van der Waals surface area (Å²) in [6.45, 7) is 11.4. The Morgan fingerprint density at radius 3 is 2.56 bits per heavy atom. The number of hydrogen-bond donors (Lipinski definition) is 2. The molecule has 0 saturated carbocycles. The number of alkyl carbamates (subject to hydrolysis) is 1. The van der Waals surface area contributed by atoms with Crippen molar-refractivity contribution in [1.29, 1.82) is 0 Å². The molecule has 0 spiro atoms. The van der Waals surface area contributed by atoms with Crippen LogP contribution in [0.4, 0.5) is 16.4 Å². The number of ether oxygens (including phenoxy) is 1. The lowest BCUT2D eigenvalue weighted by Gasteiger charge is -2.40. The van der Waals surface area contributed by atoms with Gasteiger partial charge in [-0.25, -0.2) is 9.78 Å². The molecule has 0 atom stereocenters. The summed E-state index contributed by atoms with van der Waals surface area (Å²) in [7, 11) is 0. The number of amides is 1. The number of nitrogens with one attached hydrogen (secondary N) is 1. The predicted octanol–water partition coefficient (Wildman–Crippen LogP) is 3.87. The van der Waals surface area contributed by atoms with Crippen molar-refractivity contribution in [3.8, 4) is 0 Å². The number of pyridine rings is 1. The summed E-state index contributed by atoms with van der Waals surface area (Å²) in [4.78, 5) is 18.8. The van der Waals surface area contributed by atoms with Crippen LogP contribution < -0.4 is 16.0 Å². The summed E-state index contributed by atoms with van der Waals surface area (Å²) in [6, 6.07) is 2.09. The number of nitrogens with zero attached hydrogens (tertiary/aromatic N) is 2. The molecular weight excluding hydrogens is 384 g/mol. The van der Waals surface area contributed by atoms with Crippen molar-refractivity contribution < 1.29 is 9.53 Å². The van der Waals surface area contributed by atoms with E-state index in [-0.39, 0.29) is 11.6 Å². The van der Waals surface area contributed by atoms with Crippen molar-refractivity contribution >= 4 is 33.7 Å². The first-order valence-corrected chi connectivity index (χ1v) is 9.53. The minimum atomic E-state index is -0.490. The quantitative estimate of drug-likeness (QED) is 0.786. The van der Waals surface area contributed by atoms with Crippen LogP contribution in [0.5, 0.6) is 0 Å². The molecule has 0 aliphatic carbocycles. The molecule has 0 unspecified atom stereocenters. The average Bonchev–Trinajstić information content (AvgIpc) is 2.48. The summed E-state index contributed by atoms with van der Waals surface area (Å²) in [6.07, 6.45) is 2.19. The van der Waals surface area contributed by atoms with Crippen LogP contribution in [0.15, 0.2) is 10.5 Å². The molecule has 1 aliphatic rings. The van der Waals surface area contributed by atoms with E-state index in [2.05, 4.69) is 51.0 Å². The Kier molecular flexibility index (Phi) is 5.86. The predicted molar refractivity (Wildman–Crippen MR) is 105 cm³/mol. The third-order valence-corrected chi connectivity index (χ3v) is 5.34. The van der Waals surface area contributed by atoms with E-state index < -0.39 is 5.60 Å². The van der Waals surface area contributed by atoms with Crippen LogP contribution in [0, 0.1) is 0 Å². The van der Waals surface area contributed by atoms with Gasteiger partial charge in [0.25, 0.3) is 0 Å². The van der Waals surface area contributed by atoms with Crippen molar-refractivity contribution in [2.45, 2.75) is 65.0 Å². The van der Waals surface area contributed by atoms with Crippen LogP contribution in [0.3, 0.4) is 0 Å². The Balaban J connectivity index is 2.01. The van der Waals surface area contributed by atoms with E-state index in [1.54, 1.807) is 0 Å². The number of anilines is 2. The molecule has 0 radical (unpaired) electrons. The molecule has 1 amide bonds. The Morgan fingerprint density at radius 2 is 2.04 bits per heavy atom. The number of carbonyl (C=O) groups is 1. The first-order chi connectivity index (χ1) is 11.5. The number of piperidine rings is 1. The van der Waals surface area contributed by atoms with E-state index in [9.17, 15) is 4.79 Å². The SMILES string of the molecule is CCc1cc(N2CCC(C)(NC(=O)OC(C)(C)C)CC2)nc(N)c1Br. The van der Waals surface area contributed by atoms with E-state index in [0.717, 1.165) is 48.2 Å². The number of halogens is 1. The van der Waals surface area contributed by atoms with Crippen LogP contribution in [0.2, 0.25) is 0 Å². The molecule has 2 rings (SSSR count). The molecule has 25 heavy (non-hydrogen) atoms. The topological polar surface area (TPSA) is 80.5 Å². The number of rotatable bonds is 3. The van der Waals surface area contributed by atoms with E-state index in [1.165, 1.54) is 0 Å². The first-order valence-electron chi connectivity index (χ1n) is 8.74. The number of aromatic nitrogens is 1. The Bertz CT molecular complexity index is 635. The summed E-state index contributed by atoms with van der Waals surface area (Å²) < 4.78 is 6.26. The summed E-state index contributed by atoms with van der Waals surface area (Å²) >= 11 is 3.50. The van der Waals surface area contributed by atoms with Crippen LogP contribution >= 0.6 is 15.9 Å². The van der Waals surface area contributed by atoms with Gasteiger partial charge in [-0.2, -0.15) is 0 Å². The van der Waals surface area contributed by atoms with Gasteiger partial charge in [0.1, 0.15) is 17.2 Å². The fourth-order valence-corrected chi connectivity index (χ4v) is 3.40. The Labute approximate surface area is 158 Å². The normalized spacial score (nSPS) is 17.3. The maximum Gasteiger partial charge on any atom is 0.408 e. The molecule has 0 bridgehead atoms. The zero-order valence-electron chi connectivity index (χ0n) is 15.8. The molecule has 140 valence electrons. The summed E-state index contributed by atoms with van der Waals surface area (Å²) in [5, 5.41) is 3.03. The lowest BCUT2D eigenvalue weighted by molar-refractivity contribution is 0.0448. The molecular formula is C18H29BrN4O2. The lowest BCUT2D eigenvalue weighted by atomic mass is 9.89. The molecule has 3 N–H and O–H groups in total. The third kappa shape index (κ3) is 5.23. The molecule has 0 aromatic carbocycles. The average molecular weight is 413 g/mol. The van der Waals surface area contributed by atoms with Gasteiger partial charge in [0.15, 0.2) is 0 Å². The van der Waals surface area contributed by atoms with Crippen molar-refractivity contribution in [2.75, 3.05) is 23.7 Å². The molecule has 7 heteroatoms. The van der Waals surface area contributed by atoms with E-state index in [0.29, 0.717) is 5.82 Å². The van der Waals surface area contributed by atoms with Crippen molar-refractivity contribution in [3.63, 3.8) is 0 Å². The van der Waals surface area contributed by atoms with E-state index in [4.69, 9.17) is 10.5 Å². The van der Waals surface area contributed by atoms with Gasteiger partial charge in [-0.15, -0.1) is 0 Å². The Hall–Kier alpha value is -1.50. The molecule has 6 nitrogen and oxygen atoms in total. The van der Waals surface area contributed by atoms with Crippen molar-refractivity contribution in [2.24, 2.45) is 0 Å². The highest BCUT2D eigenvalue weighted by Crippen LogP contribution is 2.30. The van der Waals surface area contributed by atoms with Gasteiger partial charge in [-0.1, -0.05) is 6.92 Å². The fraction of sp³-hybridized carbons (Fsp3) is 0.667. The second kappa shape index (κ2) is 7.40. The van der Waals surface area contributed by atoms with Gasteiger partial charge in [-0.05, 0) is 74.5 Å². The maximum atomic E-state index is 12.1. The minimum absolute atomic E-state index is 0.271. The third-order valence-electron chi connectivity index (χ3n) is 4.42.